The van der Waals surface area contributed by atoms with E-state index in [1.165, 1.54) is 38.8 Å². The van der Waals surface area contributed by atoms with Crippen LogP contribution in [-0.2, 0) is 4.79 Å². The van der Waals surface area contributed by atoms with Crippen molar-refractivity contribution in [3.05, 3.63) is 18.2 Å². The minimum atomic E-state index is 0.0258. The molecule has 5 nitrogen and oxygen atoms in total. The Morgan fingerprint density at radius 3 is 2.68 bits per heavy atom. The third-order valence-electron chi connectivity index (χ3n) is 4.08. The van der Waals surface area contributed by atoms with Crippen LogP contribution in [0, 0.1) is 0 Å². The van der Waals surface area contributed by atoms with E-state index in [9.17, 15) is 4.79 Å². The van der Waals surface area contributed by atoms with Gasteiger partial charge in [0.2, 0.25) is 5.91 Å². The zero-order valence-electron chi connectivity index (χ0n) is 13.4. The molecule has 1 fully saturated rings. The molecule has 1 aromatic rings. The number of ether oxygens (including phenoxy) is 1. The SMILES string of the molecule is COc1cc(N)ccc1NC(=O)CCCN1CCCCCC1. The van der Waals surface area contributed by atoms with E-state index >= 15 is 0 Å². The van der Waals surface area contributed by atoms with Gasteiger partial charge in [0.05, 0.1) is 12.8 Å². The molecule has 0 atom stereocenters. The molecular formula is C17H27N3O2. The molecule has 1 aliphatic heterocycles. The lowest BCUT2D eigenvalue weighted by atomic mass is 10.2. The molecule has 0 unspecified atom stereocenters. The van der Waals surface area contributed by atoms with E-state index in [2.05, 4.69) is 10.2 Å². The number of nitrogens with zero attached hydrogens (tertiary/aromatic N) is 1. The molecule has 1 heterocycles. The highest BCUT2D eigenvalue weighted by Crippen LogP contribution is 2.26. The highest BCUT2D eigenvalue weighted by atomic mass is 16.5. The summed E-state index contributed by atoms with van der Waals surface area (Å²) in [4.78, 5) is 14.5. The van der Waals surface area contributed by atoms with Crippen molar-refractivity contribution in [2.24, 2.45) is 0 Å². The van der Waals surface area contributed by atoms with E-state index in [1.807, 2.05) is 0 Å². The smallest absolute Gasteiger partial charge is 0.224 e. The number of nitrogens with two attached hydrogens (primary N) is 1. The highest BCUT2D eigenvalue weighted by molar-refractivity contribution is 5.92. The molecule has 3 N–H and O–H groups in total. The molecule has 0 aromatic heterocycles. The van der Waals surface area contributed by atoms with Crippen LogP contribution in [0.25, 0.3) is 0 Å². The van der Waals surface area contributed by atoms with Crippen molar-refractivity contribution >= 4 is 17.3 Å². The molecule has 0 radical (unpaired) electrons. The second kappa shape index (κ2) is 8.63. The van der Waals surface area contributed by atoms with Gasteiger partial charge in [-0.2, -0.15) is 0 Å². The van der Waals surface area contributed by atoms with Crippen LogP contribution in [-0.4, -0.2) is 37.6 Å². The number of methoxy groups -OCH3 is 1. The third-order valence-corrected chi connectivity index (χ3v) is 4.08. The van der Waals surface area contributed by atoms with Crippen molar-refractivity contribution in [2.75, 3.05) is 37.8 Å². The molecule has 1 aromatic carbocycles. The summed E-state index contributed by atoms with van der Waals surface area (Å²) in [6.07, 6.45) is 6.68. The van der Waals surface area contributed by atoms with Gasteiger partial charge in [-0.25, -0.2) is 0 Å². The standard InChI is InChI=1S/C17H27N3O2/c1-22-16-13-14(18)8-9-15(16)19-17(21)7-6-12-20-10-4-2-3-5-11-20/h8-9,13H,2-7,10-12,18H2,1H3,(H,19,21). The molecule has 0 aliphatic carbocycles. The monoisotopic (exact) mass is 305 g/mol. The van der Waals surface area contributed by atoms with E-state index in [0.717, 1.165) is 13.0 Å². The van der Waals surface area contributed by atoms with E-state index in [1.54, 1.807) is 25.3 Å². The van der Waals surface area contributed by atoms with Gasteiger partial charge in [-0.3, -0.25) is 4.79 Å². The van der Waals surface area contributed by atoms with Crippen molar-refractivity contribution in [2.45, 2.75) is 38.5 Å². The summed E-state index contributed by atoms with van der Waals surface area (Å²) in [5.74, 6) is 0.624. The number of hydrogen-bond acceptors (Lipinski definition) is 4. The summed E-state index contributed by atoms with van der Waals surface area (Å²) in [7, 11) is 1.57. The second-order valence-corrected chi connectivity index (χ2v) is 5.87. The van der Waals surface area contributed by atoms with Gasteiger partial charge in [0.25, 0.3) is 0 Å². The number of rotatable bonds is 6. The van der Waals surface area contributed by atoms with Crippen LogP contribution in [0.3, 0.4) is 0 Å². The Bertz CT molecular complexity index is 483. The second-order valence-electron chi connectivity index (χ2n) is 5.87. The summed E-state index contributed by atoms with van der Waals surface area (Å²) in [5, 5.41) is 2.90. The van der Waals surface area contributed by atoms with Gasteiger partial charge in [-0.15, -0.1) is 0 Å². The summed E-state index contributed by atoms with van der Waals surface area (Å²) < 4.78 is 5.24. The maximum atomic E-state index is 12.1. The van der Waals surface area contributed by atoms with E-state index in [0.29, 0.717) is 23.5 Å². The molecule has 5 heteroatoms. The van der Waals surface area contributed by atoms with Crippen LogP contribution in [0.15, 0.2) is 18.2 Å². The van der Waals surface area contributed by atoms with Gasteiger partial charge in [0.15, 0.2) is 0 Å². The molecule has 0 spiro atoms. The Kier molecular flexibility index (Phi) is 6.52. The highest BCUT2D eigenvalue weighted by Gasteiger charge is 2.11. The van der Waals surface area contributed by atoms with Crippen molar-refractivity contribution in [3.63, 3.8) is 0 Å². The summed E-state index contributed by atoms with van der Waals surface area (Å²) in [5.41, 5.74) is 7.01. The fourth-order valence-electron chi connectivity index (χ4n) is 2.85. The van der Waals surface area contributed by atoms with Gasteiger partial charge in [0, 0.05) is 18.2 Å². The minimum Gasteiger partial charge on any atom is -0.494 e. The number of hydrogen-bond donors (Lipinski definition) is 2. The zero-order chi connectivity index (χ0) is 15.8. The Labute approximate surface area is 132 Å². The first-order chi connectivity index (χ1) is 10.7. The fraction of sp³-hybridized carbons (Fsp3) is 0.588. The van der Waals surface area contributed by atoms with E-state index in [4.69, 9.17) is 10.5 Å². The van der Waals surface area contributed by atoms with Crippen molar-refractivity contribution in [1.82, 2.24) is 4.90 Å². The molecule has 2 rings (SSSR count). The molecule has 1 saturated heterocycles. The van der Waals surface area contributed by atoms with Crippen LogP contribution in [0.4, 0.5) is 11.4 Å². The molecule has 1 amide bonds. The lowest BCUT2D eigenvalue weighted by molar-refractivity contribution is -0.116. The van der Waals surface area contributed by atoms with Gasteiger partial charge in [0.1, 0.15) is 5.75 Å². The minimum absolute atomic E-state index is 0.0258. The number of amides is 1. The zero-order valence-corrected chi connectivity index (χ0v) is 13.4. The number of anilines is 2. The number of carbonyl (C=O) groups excluding carboxylic acids is 1. The van der Waals surface area contributed by atoms with Crippen molar-refractivity contribution < 1.29 is 9.53 Å². The topological polar surface area (TPSA) is 67.6 Å². The summed E-state index contributed by atoms with van der Waals surface area (Å²) in [6, 6.07) is 5.25. The third kappa shape index (κ3) is 5.22. The Morgan fingerprint density at radius 1 is 1.27 bits per heavy atom. The molecule has 122 valence electrons. The first-order valence-electron chi connectivity index (χ1n) is 8.15. The summed E-state index contributed by atoms with van der Waals surface area (Å²) in [6.45, 7) is 3.35. The van der Waals surface area contributed by atoms with Gasteiger partial charge < -0.3 is 20.7 Å². The van der Waals surface area contributed by atoms with Crippen LogP contribution in [0.1, 0.15) is 38.5 Å². The Morgan fingerprint density at radius 2 is 2.00 bits per heavy atom. The fourth-order valence-corrected chi connectivity index (χ4v) is 2.85. The first kappa shape index (κ1) is 16.6. The largest absolute Gasteiger partial charge is 0.494 e. The van der Waals surface area contributed by atoms with Crippen molar-refractivity contribution in [3.8, 4) is 5.75 Å². The number of likely N-dealkylation sites (tertiary alicyclic amines) is 1. The van der Waals surface area contributed by atoms with Crippen LogP contribution in [0.5, 0.6) is 5.75 Å². The summed E-state index contributed by atoms with van der Waals surface area (Å²) >= 11 is 0. The van der Waals surface area contributed by atoms with Crippen LogP contribution < -0.4 is 15.8 Å². The van der Waals surface area contributed by atoms with Crippen molar-refractivity contribution in [1.29, 1.82) is 0 Å². The predicted molar refractivity (Wildman–Crippen MR) is 90.2 cm³/mol. The van der Waals surface area contributed by atoms with Gasteiger partial charge in [-0.1, -0.05) is 12.8 Å². The quantitative estimate of drug-likeness (QED) is 0.793. The lowest BCUT2D eigenvalue weighted by Crippen LogP contribution is -2.26. The van der Waals surface area contributed by atoms with Gasteiger partial charge in [-0.05, 0) is 51.0 Å². The molecular weight excluding hydrogens is 278 g/mol. The maximum Gasteiger partial charge on any atom is 0.224 e. The Balaban J connectivity index is 1.75. The van der Waals surface area contributed by atoms with E-state index in [-0.39, 0.29) is 5.91 Å². The lowest BCUT2D eigenvalue weighted by Gasteiger charge is -2.19. The number of carbonyl (C=O) groups is 1. The maximum absolute atomic E-state index is 12.1. The number of nitrogens with one attached hydrogen (secondary N) is 1. The average molecular weight is 305 g/mol. The molecule has 0 bridgehead atoms. The van der Waals surface area contributed by atoms with Gasteiger partial charge >= 0.3 is 0 Å². The predicted octanol–water partition coefficient (Wildman–Crippen LogP) is 2.87. The van der Waals surface area contributed by atoms with Crippen LogP contribution >= 0.6 is 0 Å². The normalized spacial score (nSPS) is 16.0. The van der Waals surface area contributed by atoms with E-state index < -0.39 is 0 Å². The number of nitrogen functional groups attached to an aromatic ring is 1. The average Bonchev–Trinajstić information content (AvgIpc) is 2.78. The first-order valence-corrected chi connectivity index (χ1v) is 8.15. The Hall–Kier alpha value is -1.75. The van der Waals surface area contributed by atoms with Crippen LogP contribution in [0.2, 0.25) is 0 Å². The molecule has 0 saturated carbocycles. The number of benzene rings is 1. The molecule has 1 aliphatic rings. The molecule has 22 heavy (non-hydrogen) atoms.